The van der Waals surface area contributed by atoms with Gasteiger partial charge in [-0.2, -0.15) is 5.10 Å². The Labute approximate surface area is 110 Å². The summed E-state index contributed by atoms with van der Waals surface area (Å²) in [5.74, 6) is 0.507. The zero-order valence-electron chi connectivity index (χ0n) is 9.41. The first kappa shape index (κ1) is 13.9. The van der Waals surface area contributed by atoms with Crippen molar-refractivity contribution in [3.8, 4) is 0 Å². The van der Waals surface area contributed by atoms with Crippen LogP contribution in [0.5, 0.6) is 0 Å². The molecule has 0 aliphatic rings. The fourth-order valence-corrected chi connectivity index (χ4v) is 1.47. The average molecular weight is 417 g/mol. The Bertz CT molecular complexity index is 474. The Morgan fingerprint density at radius 2 is 2.29 bits per heavy atom. The molecule has 2 rings (SSSR count). The summed E-state index contributed by atoms with van der Waals surface area (Å²) in [5, 5.41) is 4.08. The summed E-state index contributed by atoms with van der Waals surface area (Å²) in [7, 11) is 0. The van der Waals surface area contributed by atoms with Crippen LogP contribution in [0.3, 0.4) is 0 Å². The van der Waals surface area contributed by atoms with Crippen LogP contribution in [0, 0.1) is 0 Å². The van der Waals surface area contributed by atoms with Crippen LogP contribution in [0.15, 0.2) is 18.6 Å². The molecule has 0 aromatic carbocycles. The Kier molecular flexibility index (Phi) is 5.94. The molecule has 0 bridgehead atoms. The van der Waals surface area contributed by atoms with Gasteiger partial charge < -0.3 is 10.5 Å². The number of ether oxygens (including phenoxy) is 1. The third kappa shape index (κ3) is 3.68. The first-order valence-corrected chi connectivity index (χ1v) is 6.02. The molecular formula is C10H14N4O2Pt. The third-order valence-corrected chi connectivity index (χ3v) is 2.23. The number of fused-ring (bicyclic) bond motifs is 1. The van der Waals surface area contributed by atoms with Gasteiger partial charge in [0.05, 0.1) is 6.61 Å². The van der Waals surface area contributed by atoms with Crippen LogP contribution in [-0.2, 0) is 34.3 Å². The van der Waals surface area contributed by atoms with Gasteiger partial charge in [0.25, 0.3) is 0 Å². The minimum absolute atomic E-state index is 0.507. The van der Waals surface area contributed by atoms with Crippen molar-refractivity contribution in [1.29, 1.82) is 0 Å². The molecule has 0 aliphatic carbocycles. The van der Waals surface area contributed by atoms with Crippen molar-refractivity contribution in [3.63, 3.8) is 0 Å². The second-order valence-electron chi connectivity index (χ2n) is 3.27. The summed E-state index contributed by atoms with van der Waals surface area (Å²) < 4.78 is 15.2. The molecule has 0 amide bonds. The van der Waals surface area contributed by atoms with Crippen molar-refractivity contribution in [1.82, 2.24) is 14.6 Å². The van der Waals surface area contributed by atoms with E-state index in [1.807, 2.05) is 19.2 Å². The molecule has 0 fully saturated rings. The van der Waals surface area contributed by atoms with Gasteiger partial charge in [0.1, 0.15) is 11.8 Å². The molecule has 0 unspecified atom stereocenters. The molecule has 2 aromatic heterocycles. The summed E-state index contributed by atoms with van der Waals surface area (Å²) in [6, 6.07) is 1.99. The monoisotopic (exact) mass is 417 g/mol. The molecule has 2 heterocycles. The number of hydrogen-bond acceptors (Lipinski definition) is 5. The molecule has 0 atom stereocenters. The van der Waals surface area contributed by atoms with E-state index in [1.54, 1.807) is 4.52 Å². The second kappa shape index (κ2) is 7.24. The van der Waals surface area contributed by atoms with E-state index in [4.69, 9.17) is 13.9 Å². The van der Waals surface area contributed by atoms with Crippen LogP contribution in [0.25, 0.3) is 5.52 Å². The zero-order valence-corrected chi connectivity index (χ0v) is 11.7. The van der Waals surface area contributed by atoms with E-state index in [9.17, 15) is 0 Å². The van der Waals surface area contributed by atoms with Crippen molar-refractivity contribution in [2.75, 3.05) is 18.9 Å². The fraction of sp³-hybridized carbons (Fsp3) is 0.400. The van der Waals surface area contributed by atoms with Crippen LogP contribution in [0.4, 0.5) is 5.82 Å². The molecule has 2 N–H and O–H groups in total. The average Bonchev–Trinajstić information content (AvgIpc) is 2.77. The summed E-state index contributed by atoms with van der Waals surface area (Å²) in [5.41, 5.74) is 7.73. The fourth-order valence-electron chi connectivity index (χ4n) is 1.47. The molecule has 17 heavy (non-hydrogen) atoms. The molecule has 0 radical (unpaired) electrons. The van der Waals surface area contributed by atoms with Gasteiger partial charge in [-0.15, -0.1) is 0 Å². The molecule has 0 saturated carbocycles. The van der Waals surface area contributed by atoms with Gasteiger partial charge in [0, 0.05) is 12.8 Å². The van der Waals surface area contributed by atoms with Crippen molar-refractivity contribution in [2.45, 2.75) is 13.3 Å². The number of nitrogens with zero attached hydrogens (tertiary/aromatic N) is 3. The molecule has 2 aromatic rings. The third-order valence-electron chi connectivity index (χ3n) is 2.23. The summed E-state index contributed by atoms with van der Waals surface area (Å²) >= 11 is 0.889. The summed E-state index contributed by atoms with van der Waals surface area (Å²) in [6.07, 6.45) is 4.28. The molecule has 0 spiro atoms. The first-order chi connectivity index (χ1) is 8.31. The van der Waals surface area contributed by atoms with Gasteiger partial charge >= 0.3 is 23.2 Å². The number of nitrogens with two attached hydrogens (primary N) is 1. The predicted octanol–water partition coefficient (Wildman–Crippen LogP) is 0.769. The van der Waals surface area contributed by atoms with Gasteiger partial charge in [0.15, 0.2) is 5.82 Å². The van der Waals surface area contributed by atoms with Gasteiger partial charge in [-0.1, -0.05) is 0 Å². The Balaban J connectivity index is 0.000000686. The zero-order chi connectivity index (χ0) is 12.7. The number of rotatable bonds is 4. The van der Waals surface area contributed by atoms with Crippen LogP contribution < -0.4 is 5.73 Å². The quantitative estimate of drug-likeness (QED) is 0.744. The molecule has 0 saturated heterocycles. The van der Waals surface area contributed by atoms with Gasteiger partial charge in [-0.25, -0.2) is 9.50 Å². The van der Waals surface area contributed by atoms with Crippen LogP contribution in [0.2, 0.25) is 0 Å². The Morgan fingerprint density at radius 3 is 2.94 bits per heavy atom. The summed E-state index contributed by atoms with van der Waals surface area (Å²) in [4.78, 5) is 3.93. The maximum absolute atomic E-state index is 8.22. The Hall–Kier alpha value is -1.13. The minimum atomic E-state index is 0.507. The topological polar surface area (TPSA) is 82.5 Å². The van der Waals surface area contributed by atoms with Crippen molar-refractivity contribution in [3.05, 3.63) is 24.2 Å². The molecule has 96 valence electrons. The first-order valence-electron chi connectivity index (χ1n) is 5.09. The van der Waals surface area contributed by atoms with Crippen LogP contribution in [0.1, 0.15) is 12.5 Å². The summed E-state index contributed by atoms with van der Waals surface area (Å²) in [6.45, 7) is 3.45. The van der Waals surface area contributed by atoms with Gasteiger partial charge in [0.2, 0.25) is 0 Å². The van der Waals surface area contributed by atoms with E-state index in [2.05, 4.69) is 10.1 Å². The van der Waals surface area contributed by atoms with Gasteiger partial charge in [-0.3, -0.25) is 0 Å². The van der Waals surface area contributed by atoms with Crippen LogP contribution >= 0.6 is 0 Å². The normalized spacial score (nSPS) is 10.1. The number of aromatic nitrogens is 3. The molecular weight excluding hydrogens is 403 g/mol. The molecule has 6 nitrogen and oxygen atoms in total. The van der Waals surface area contributed by atoms with E-state index in [0.29, 0.717) is 5.82 Å². The van der Waals surface area contributed by atoms with E-state index >= 15 is 0 Å². The number of anilines is 1. The van der Waals surface area contributed by atoms with E-state index in [0.717, 1.165) is 50.5 Å². The van der Waals surface area contributed by atoms with Crippen molar-refractivity contribution >= 4 is 11.3 Å². The predicted molar refractivity (Wildman–Crippen MR) is 58.3 cm³/mol. The number of hydrogen-bond donors (Lipinski definition) is 1. The van der Waals surface area contributed by atoms with Crippen molar-refractivity contribution < 1.29 is 27.9 Å². The van der Waals surface area contributed by atoms with E-state index < -0.39 is 0 Å². The van der Waals surface area contributed by atoms with E-state index in [1.165, 1.54) is 6.33 Å². The van der Waals surface area contributed by atoms with Gasteiger partial charge in [-0.05, 0) is 25.0 Å². The standard InChI is InChI=1S/C10H14N4O.O.Pt/c1-2-15-4-3-8-5-9-10(11)12-7-13-14(9)6-8;;/h5-7H,2-4H2,1H3,(H2,11,12,13);;. The SMILES string of the molecule is CCOCCc1cc2c(N)ncnn2c1.[O]=[Pt]. The Morgan fingerprint density at radius 1 is 1.53 bits per heavy atom. The molecule has 0 aliphatic heterocycles. The second-order valence-corrected chi connectivity index (χ2v) is 3.27. The molecule has 7 heteroatoms. The van der Waals surface area contributed by atoms with Crippen molar-refractivity contribution in [2.24, 2.45) is 0 Å². The van der Waals surface area contributed by atoms with E-state index in [-0.39, 0.29) is 0 Å². The maximum atomic E-state index is 8.22. The number of nitrogen functional groups attached to an aromatic ring is 1. The van der Waals surface area contributed by atoms with Crippen LogP contribution in [-0.4, -0.2) is 27.8 Å².